The molecule has 0 amide bonds. The van der Waals surface area contributed by atoms with Gasteiger partial charge in [0.15, 0.2) is 0 Å². The monoisotopic (exact) mass is 253 g/mol. The molecule has 0 aliphatic rings. The lowest BCUT2D eigenvalue weighted by Crippen LogP contribution is -2.40. The minimum absolute atomic E-state index is 0.379. The number of aromatic nitrogens is 2. The van der Waals surface area contributed by atoms with Gasteiger partial charge in [-0.1, -0.05) is 6.92 Å². The van der Waals surface area contributed by atoms with Gasteiger partial charge in [-0.2, -0.15) is 0 Å². The molecule has 1 aromatic rings. The van der Waals surface area contributed by atoms with Gasteiger partial charge in [0.1, 0.15) is 17.5 Å². The van der Waals surface area contributed by atoms with Crippen molar-refractivity contribution in [2.75, 3.05) is 0 Å². The molecule has 1 heterocycles. The number of hydrogen-bond donors (Lipinski definition) is 1. The van der Waals surface area contributed by atoms with Gasteiger partial charge in [-0.3, -0.25) is 4.79 Å². The summed E-state index contributed by atoms with van der Waals surface area (Å²) in [6, 6.07) is -0.664. The Morgan fingerprint density at radius 1 is 1.56 bits per heavy atom. The summed E-state index contributed by atoms with van der Waals surface area (Å²) < 4.78 is 7.17. The molecule has 0 bridgehead atoms. The second-order valence-corrected chi connectivity index (χ2v) is 5.44. The van der Waals surface area contributed by atoms with Crippen LogP contribution < -0.4 is 5.73 Å². The van der Waals surface area contributed by atoms with E-state index in [-0.39, 0.29) is 5.97 Å². The van der Waals surface area contributed by atoms with Crippen molar-refractivity contribution in [2.45, 2.75) is 59.2 Å². The molecule has 0 saturated carbocycles. The zero-order chi connectivity index (χ0) is 13.9. The number of imidazole rings is 1. The lowest BCUT2D eigenvalue weighted by atomic mass is 10.2. The van der Waals surface area contributed by atoms with Crippen LogP contribution in [0.3, 0.4) is 0 Å². The van der Waals surface area contributed by atoms with Crippen LogP contribution in [0, 0.1) is 6.92 Å². The molecule has 0 aliphatic carbocycles. The zero-order valence-corrected chi connectivity index (χ0v) is 11.9. The van der Waals surface area contributed by atoms with E-state index >= 15 is 0 Å². The third-order valence-corrected chi connectivity index (χ3v) is 2.40. The summed E-state index contributed by atoms with van der Waals surface area (Å²) in [5, 5.41) is 0. The molecule has 1 aromatic heterocycles. The van der Waals surface area contributed by atoms with Gasteiger partial charge in [-0.05, 0) is 27.7 Å². The molecule has 0 aromatic carbocycles. The summed E-state index contributed by atoms with van der Waals surface area (Å²) in [5.74, 6) is 0.558. The van der Waals surface area contributed by atoms with Crippen LogP contribution in [0.25, 0.3) is 0 Å². The number of nitrogens with two attached hydrogens (primary N) is 1. The van der Waals surface area contributed by atoms with Crippen molar-refractivity contribution in [3.8, 4) is 0 Å². The molecule has 0 fully saturated rings. The highest BCUT2D eigenvalue weighted by atomic mass is 16.6. The van der Waals surface area contributed by atoms with Crippen LogP contribution in [0.4, 0.5) is 0 Å². The lowest BCUT2D eigenvalue weighted by molar-refractivity contribution is -0.156. The molecule has 0 aliphatic heterocycles. The van der Waals surface area contributed by atoms with Gasteiger partial charge < -0.3 is 15.0 Å². The zero-order valence-electron chi connectivity index (χ0n) is 11.9. The van der Waals surface area contributed by atoms with Gasteiger partial charge in [0.2, 0.25) is 0 Å². The minimum atomic E-state index is -0.664. The fourth-order valence-electron chi connectivity index (χ4n) is 1.70. The number of ether oxygens (including phenoxy) is 1. The normalized spacial score (nSPS) is 13.4. The fourth-order valence-corrected chi connectivity index (χ4v) is 1.70. The van der Waals surface area contributed by atoms with Crippen LogP contribution in [0.5, 0.6) is 0 Å². The Bertz CT molecular complexity index is 418. The minimum Gasteiger partial charge on any atom is -0.459 e. The van der Waals surface area contributed by atoms with Gasteiger partial charge in [-0.25, -0.2) is 4.98 Å². The van der Waals surface area contributed by atoms with Crippen molar-refractivity contribution in [2.24, 2.45) is 5.73 Å². The van der Waals surface area contributed by atoms with E-state index in [0.29, 0.717) is 6.54 Å². The first-order valence-electron chi connectivity index (χ1n) is 6.24. The quantitative estimate of drug-likeness (QED) is 0.824. The maximum absolute atomic E-state index is 11.8. The molecular formula is C13H23N3O2. The number of hydrogen-bond acceptors (Lipinski definition) is 4. The smallest absolute Gasteiger partial charge is 0.325 e. The van der Waals surface area contributed by atoms with Crippen LogP contribution in [0.1, 0.15) is 39.2 Å². The Morgan fingerprint density at radius 2 is 2.17 bits per heavy atom. The van der Waals surface area contributed by atoms with Crippen LogP contribution in [0.15, 0.2) is 6.20 Å². The highest BCUT2D eigenvalue weighted by molar-refractivity contribution is 5.75. The van der Waals surface area contributed by atoms with Gasteiger partial charge >= 0.3 is 5.97 Å². The second kappa shape index (κ2) is 5.52. The van der Waals surface area contributed by atoms with Crippen molar-refractivity contribution in [3.05, 3.63) is 17.7 Å². The predicted molar refractivity (Wildman–Crippen MR) is 70.2 cm³/mol. The Labute approximate surface area is 108 Å². The average Bonchev–Trinajstić information content (AvgIpc) is 2.56. The molecule has 1 rings (SSSR count). The van der Waals surface area contributed by atoms with Crippen LogP contribution in [-0.4, -0.2) is 27.2 Å². The summed E-state index contributed by atoms with van der Waals surface area (Å²) >= 11 is 0. The lowest BCUT2D eigenvalue weighted by Gasteiger charge is -2.22. The number of rotatable bonds is 4. The first-order valence-corrected chi connectivity index (χ1v) is 6.24. The molecule has 2 N–H and O–H groups in total. The van der Waals surface area contributed by atoms with Crippen molar-refractivity contribution >= 4 is 5.97 Å². The standard InChI is InChI=1S/C13H23N3O2/c1-6-11-15-9(2)7-16(11)8-10(14)12(17)18-13(3,4)5/h7,10H,6,8,14H2,1-5H3. The Morgan fingerprint density at radius 3 is 2.67 bits per heavy atom. The molecule has 102 valence electrons. The van der Waals surface area contributed by atoms with Crippen LogP contribution in [-0.2, 0) is 22.5 Å². The third kappa shape index (κ3) is 4.14. The predicted octanol–water partition coefficient (Wildman–Crippen LogP) is 1.42. The number of nitrogens with zero attached hydrogens (tertiary/aromatic N) is 2. The maximum Gasteiger partial charge on any atom is 0.325 e. The molecule has 1 atom stereocenters. The van der Waals surface area contributed by atoms with Crippen molar-refractivity contribution in [1.29, 1.82) is 0 Å². The van der Waals surface area contributed by atoms with E-state index in [4.69, 9.17) is 10.5 Å². The van der Waals surface area contributed by atoms with E-state index in [2.05, 4.69) is 4.98 Å². The summed E-state index contributed by atoms with van der Waals surface area (Å²) in [6.45, 7) is 9.84. The molecule has 5 heteroatoms. The first-order chi connectivity index (χ1) is 8.23. The SMILES string of the molecule is CCc1nc(C)cn1CC(N)C(=O)OC(C)(C)C. The fraction of sp³-hybridized carbons (Fsp3) is 0.692. The molecule has 18 heavy (non-hydrogen) atoms. The van der Waals surface area contributed by atoms with E-state index in [1.807, 2.05) is 45.4 Å². The van der Waals surface area contributed by atoms with Gasteiger partial charge in [-0.15, -0.1) is 0 Å². The second-order valence-electron chi connectivity index (χ2n) is 5.44. The average molecular weight is 253 g/mol. The first kappa shape index (κ1) is 14.7. The van der Waals surface area contributed by atoms with Gasteiger partial charge in [0.25, 0.3) is 0 Å². The Kier molecular flexibility index (Phi) is 4.51. The van der Waals surface area contributed by atoms with Crippen LogP contribution in [0.2, 0.25) is 0 Å². The van der Waals surface area contributed by atoms with Crippen molar-refractivity contribution in [1.82, 2.24) is 9.55 Å². The van der Waals surface area contributed by atoms with Gasteiger partial charge in [0.05, 0.1) is 5.69 Å². The largest absolute Gasteiger partial charge is 0.459 e. The third-order valence-electron chi connectivity index (χ3n) is 2.40. The van der Waals surface area contributed by atoms with Crippen molar-refractivity contribution < 1.29 is 9.53 Å². The Hall–Kier alpha value is -1.36. The summed E-state index contributed by atoms with van der Waals surface area (Å²) in [7, 11) is 0. The Balaban J connectivity index is 2.69. The molecular weight excluding hydrogens is 230 g/mol. The van der Waals surface area contributed by atoms with Crippen LogP contribution >= 0.6 is 0 Å². The molecule has 1 unspecified atom stereocenters. The molecule has 0 saturated heterocycles. The van der Waals surface area contributed by atoms with E-state index in [1.54, 1.807) is 0 Å². The summed E-state index contributed by atoms with van der Waals surface area (Å²) in [5.41, 5.74) is 6.29. The molecule has 5 nitrogen and oxygen atoms in total. The highest BCUT2D eigenvalue weighted by Crippen LogP contribution is 2.10. The summed E-state index contributed by atoms with van der Waals surface area (Å²) in [6.07, 6.45) is 2.72. The number of aryl methyl sites for hydroxylation is 2. The van der Waals surface area contributed by atoms with E-state index < -0.39 is 11.6 Å². The molecule has 0 radical (unpaired) electrons. The number of carbonyl (C=O) groups excluding carboxylic acids is 1. The number of carbonyl (C=O) groups is 1. The summed E-state index contributed by atoms with van der Waals surface area (Å²) in [4.78, 5) is 16.2. The number of esters is 1. The van der Waals surface area contributed by atoms with E-state index in [0.717, 1.165) is 17.9 Å². The van der Waals surface area contributed by atoms with E-state index in [9.17, 15) is 4.79 Å². The van der Waals surface area contributed by atoms with Gasteiger partial charge in [0, 0.05) is 19.2 Å². The highest BCUT2D eigenvalue weighted by Gasteiger charge is 2.23. The molecule has 0 spiro atoms. The topological polar surface area (TPSA) is 70.1 Å². The van der Waals surface area contributed by atoms with Crippen molar-refractivity contribution in [3.63, 3.8) is 0 Å². The van der Waals surface area contributed by atoms with E-state index in [1.165, 1.54) is 0 Å². The maximum atomic E-state index is 11.8.